The summed E-state index contributed by atoms with van der Waals surface area (Å²) in [6.45, 7) is 9.64. The van der Waals surface area contributed by atoms with Crippen LogP contribution < -0.4 is 10.6 Å². The first-order chi connectivity index (χ1) is 9.26. The van der Waals surface area contributed by atoms with Gasteiger partial charge in [-0.05, 0) is 19.9 Å². The molecule has 0 saturated carbocycles. The summed E-state index contributed by atoms with van der Waals surface area (Å²) in [5.74, 6) is 0. The lowest BCUT2D eigenvalue weighted by atomic mass is 10.0. The largest absolute Gasteiger partial charge is 0.388 e. The first kappa shape index (κ1) is 18.5. The monoisotopic (exact) mass is 268 g/mol. The number of nitrogens with one attached hydrogen (secondary N) is 2. The number of likely N-dealkylation sites (N-methyl/N-ethyl adjacent to an activating group) is 1. The van der Waals surface area contributed by atoms with Crippen LogP contribution in [0.1, 0.15) is 78.1 Å². The molecule has 0 heterocycles. The van der Waals surface area contributed by atoms with Crippen LogP contribution in [0, 0.1) is 0 Å². The van der Waals surface area contributed by atoms with Gasteiger partial charge in [0, 0.05) is 18.3 Å². The van der Waals surface area contributed by atoms with Crippen molar-refractivity contribution in [3.8, 4) is 0 Å². The molecule has 114 valence electrons. The zero-order valence-corrected chi connectivity index (χ0v) is 13.6. The normalized spacial score (nSPS) is 12.4. The molecule has 19 heavy (non-hydrogen) atoms. The van der Waals surface area contributed by atoms with Gasteiger partial charge in [-0.25, -0.2) is 0 Å². The van der Waals surface area contributed by atoms with Gasteiger partial charge in [-0.3, -0.25) is 0 Å². The smallest absolute Gasteiger partial charge is 0.0461 e. The van der Waals surface area contributed by atoms with Crippen molar-refractivity contribution < 1.29 is 0 Å². The second-order valence-electron chi connectivity index (χ2n) is 5.56. The van der Waals surface area contributed by atoms with Crippen LogP contribution >= 0.6 is 0 Å². The molecule has 1 atom stereocenters. The van der Waals surface area contributed by atoms with E-state index in [-0.39, 0.29) is 0 Å². The lowest BCUT2D eigenvalue weighted by Crippen LogP contribution is -2.34. The van der Waals surface area contributed by atoms with Crippen LogP contribution in [0.15, 0.2) is 12.3 Å². The molecule has 2 heteroatoms. The van der Waals surface area contributed by atoms with Gasteiger partial charge in [0.2, 0.25) is 0 Å². The summed E-state index contributed by atoms with van der Waals surface area (Å²) >= 11 is 0. The average Bonchev–Trinajstić information content (AvgIpc) is 2.43. The molecular formula is C17H36N2. The average molecular weight is 268 g/mol. The first-order valence-electron chi connectivity index (χ1n) is 8.36. The fourth-order valence-corrected chi connectivity index (χ4v) is 2.38. The van der Waals surface area contributed by atoms with Gasteiger partial charge in [-0.2, -0.15) is 0 Å². The third-order valence-electron chi connectivity index (χ3n) is 3.72. The van der Waals surface area contributed by atoms with Crippen molar-refractivity contribution in [3.05, 3.63) is 12.3 Å². The third-order valence-corrected chi connectivity index (χ3v) is 3.72. The Morgan fingerprint density at radius 1 is 0.895 bits per heavy atom. The van der Waals surface area contributed by atoms with Crippen LogP contribution in [0.4, 0.5) is 0 Å². The van der Waals surface area contributed by atoms with Gasteiger partial charge in [-0.15, -0.1) is 0 Å². The molecule has 0 rings (SSSR count). The Kier molecular flexibility index (Phi) is 13.6. The molecule has 0 bridgehead atoms. The molecule has 0 aromatic rings. The maximum absolute atomic E-state index is 4.14. The summed E-state index contributed by atoms with van der Waals surface area (Å²) in [6, 6.07) is 0.437. The highest BCUT2D eigenvalue weighted by molar-refractivity contribution is 5.02. The third kappa shape index (κ3) is 11.1. The molecule has 0 aliphatic rings. The van der Waals surface area contributed by atoms with Crippen molar-refractivity contribution in [2.75, 3.05) is 13.6 Å². The molecular weight excluding hydrogens is 232 g/mol. The SMILES string of the molecule is C=C(NCCC)C(CCCCCCCCCC)NC. The quantitative estimate of drug-likeness (QED) is 0.449. The van der Waals surface area contributed by atoms with Crippen LogP contribution in [0.2, 0.25) is 0 Å². The zero-order chi connectivity index (χ0) is 14.3. The molecule has 2 N–H and O–H groups in total. The topological polar surface area (TPSA) is 24.1 Å². The van der Waals surface area contributed by atoms with Crippen LogP contribution in [0.25, 0.3) is 0 Å². The Bertz CT molecular complexity index is 201. The van der Waals surface area contributed by atoms with Gasteiger partial charge >= 0.3 is 0 Å². The predicted octanol–water partition coefficient (Wildman–Crippen LogP) is 4.62. The molecule has 0 amide bonds. The van der Waals surface area contributed by atoms with E-state index < -0.39 is 0 Å². The highest BCUT2D eigenvalue weighted by Crippen LogP contribution is 2.12. The van der Waals surface area contributed by atoms with Crippen LogP contribution in [0.5, 0.6) is 0 Å². The van der Waals surface area contributed by atoms with E-state index in [2.05, 4.69) is 31.1 Å². The molecule has 0 fully saturated rings. The van der Waals surface area contributed by atoms with E-state index >= 15 is 0 Å². The van der Waals surface area contributed by atoms with E-state index in [1.165, 1.54) is 57.8 Å². The Morgan fingerprint density at radius 3 is 2.00 bits per heavy atom. The fourth-order valence-electron chi connectivity index (χ4n) is 2.38. The van der Waals surface area contributed by atoms with Crippen molar-refractivity contribution in [2.24, 2.45) is 0 Å². The summed E-state index contributed by atoms with van der Waals surface area (Å²) in [6.07, 6.45) is 13.5. The summed E-state index contributed by atoms with van der Waals surface area (Å²) in [5, 5.41) is 6.77. The van der Waals surface area contributed by atoms with Gasteiger partial charge in [-0.1, -0.05) is 71.8 Å². The molecule has 0 aliphatic heterocycles. The fraction of sp³-hybridized carbons (Fsp3) is 0.882. The van der Waals surface area contributed by atoms with Crippen molar-refractivity contribution in [1.82, 2.24) is 10.6 Å². The molecule has 1 unspecified atom stereocenters. The van der Waals surface area contributed by atoms with Crippen molar-refractivity contribution >= 4 is 0 Å². The van der Waals surface area contributed by atoms with E-state index in [0.29, 0.717) is 6.04 Å². The summed E-state index contributed by atoms with van der Waals surface area (Å²) in [5.41, 5.74) is 1.16. The van der Waals surface area contributed by atoms with Gasteiger partial charge in [0.05, 0.1) is 0 Å². The second kappa shape index (κ2) is 13.9. The van der Waals surface area contributed by atoms with E-state index in [1.54, 1.807) is 0 Å². The summed E-state index contributed by atoms with van der Waals surface area (Å²) < 4.78 is 0. The maximum Gasteiger partial charge on any atom is 0.0461 e. The lowest BCUT2D eigenvalue weighted by Gasteiger charge is -2.20. The summed E-state index contributed by atoms with van der Waals surface area (Å²) in [7, 11) is 2.04. The second-order valence-corrected chi connectivity index (χ2v) is 5.56. The van der Waals surface area contributed by atoms with E-state index in [9.17, 15) is 0 Å². The standard InChI is InChI=1S/C17H36N2/c1-5-7-8-9-10-11-12-13-14-17(18-4)16(3)19-15-6-2/h17-19H,3,5-15H2,1-2,4H3. The first-order valence-corrected chi connectivity index (χ1v) is 8.36. The van der Waals surface area contributed by atoms with Crippen molar-refractivity contribution in [1.29, 1.82) is 0 Å². The Hall–Kier alpha value is -0.500. The van der Waals surface area contributed by atoms with E-state index in [1.807, 2.05) is 7.05 Å². The molecule has 0 aromatic carbocycles. The van der Waals surface area contributed by atoms with Crippen LogP contribution in [-0.4, -0.2) is 19.6 Å². The maximum atomic E-state index is 4.14. The molecule has 0 aromatic heterocycles. The number of unbranched alkanes of at least 4 members (excludes halogenated alkanes) is 7. The molecule has 0 aliphatic carbocycles. The minimum absolute atomic E-state index is 0.437. The van der Waals surface area contributed by atoms with Gasteiger partial charge in [0.1, 0.15) is 0 Å². The molecule has 2 nitrogen and oxygen atoms in total. The molecule has 0 radical (unpaired) electrons. The Labute approximate surface area is 121 Å². The van der Waals surface area contributed by atoms with Crippen molar-refractivity contribution in [3.63, 3.8) is 0 Å². The predicted molar refractivity (Wildman–Crippen MR) is 87.5 cm³/mol. The van der Waals surface area contributed by atoms with Crippen LogP contribution in [0.3, 0.4) is 0 Å². The highest BCUT2D eigenvalue weighted by atomic mass is 15.0. The zero-order valence-electron chi connectivity index (χ0n) is 13.6. The highest BCUT2D eigenvalue weighted by Gasteiger charge is 2.08. The van der Waals surface area contributed by atoms with Gasteiger partial charge < -0.3 is 10.6 Å². The summed E-state index contributed by atoms with van der Waals surface area (Å²) in [4.78, 5) is 0. The van der Waals surface area contributed by atoms with E-state index in [0.717, 1.165) is 18.7 Å². The Morgan fingerprint density at radius 2 is 1.47 bits per heavy atom. The lowest BCUT2D eigenvalue weighted by molar-refractivity contribution is 0.499. The number of hydrogen-bond donors (Lipinski definition) is 2. The van der Waals surface area contributed by atoms with Crippen molar-refractivity contribution in [2.45, 2.75) is 84.1 Å². The molecule has 0 spiro atoms. The van der Waals surface area contributed by atoms with Gasteiger partial charge in [0.15, 0.2) is 0 Å². The number of rotatable bonds is 14. The minimum atomic E-state index is 0.437. The minimum Gasteiger partial charge on any atom is -0.388 e. The van der Waals surface area contributed by atoms with Crippen LogP contribution in [-0.2, 0) is 0 Å². The van der Waals surface area contributed by atoms with Gasteiger partial charge in [0.25, 0.3) is 0 Å². The number of hydrogen-bond acceptors (Lipinski definition) is 2. The van der Waals surface area contributed by atoms with E-state index in [4.69, 9.17) is 0 Å². The Balaban J connectivity index is 3.48. The molecule has 0 saturated heterocycles.